The first-order valence-corrected chi connectivity index (χ1v) is 4.64. The lowest BCUT2D eigenvalue weighted by atomic mass is 11.2. The van der Waals surface area contributed by atoms with Crippen molar-refractivity contribution in [3.05, 3.63) is 12.1 Å². The first-order valence-electron chi connectivity index (χ1n) is 1.93. The van der Waals surface area contributed by atoms with Crippen molar-refractivity contribution in [3.8, 4) is 0 Å². The van der Waals surface area contributed by atoms with E-state index in [9.17, 15) is 9.13 Å². The first kappa shape index (κ1) is 9.75. The van der Waals surface area contributed by atoms with Crippen LogP contribution in [0.4, 0.5) is 0 Å². The molecule has 0 radical (unpaired) electrons. The maximum Gasteiger partial charge on any atom is 0.704 e. The van der Waals surface area contributed by atoms with Gasteiger partial charge in [-0.1, -0.05) is 0 Å². The Balaban J connectivity index is 4.29. The van der Waals surface area contributed by atoms with E-state index < -0.39 is 21.4 Å². The molecule has 10 heavy (non-hydrogen) atoms. The van der Waals surface area contributed by atoms with Gasteiger partial charge in [0, 0.05) is 4.57 Å². The highest BCUT2D eigenvalue weighted by Crippen LogP contribution is 2.54. The van der Waals surface area contributed by atoms with Crippen molar-refractivity contribution in [3.63, 3.8) is 0 Å². The minimum Gasteiger partial charge on any atom is -0.501 e. The zero-order chi connectivity index (χ0) is 8.36. The largest absolute Gasteiger partial charge is 0.704 e. The van der Waals surface area contributed by atoms with Gasteiger partial charge in [-0.2, -0.15) is 0 Å². The second kappa shape index (κ2) is 3.23. The molecule has 0 rings (SSSR count). The lowest BCUT2D eigenvalue weighted by Gasteiger charge is -1.97. The summed E-state index contributed by atoms with van der Waals surface area (Å²) < 4.78 is 23.7. The van der Waals surface area contributed by atoms with Gasteiger partial charge < -0.3 is 10.00 Å². The van der Waals surface area contributed by atoms with Gasteiger partial charge in [-0.3, -0.25) is 0 Å². The molecule has 0 saturated carbocycles. The Hall–Kier alpha value is -0.250. The van der Waals surface area contributed by atoms with E-state index >= 15 is 0 Å². The maximum absolute atomic E-state index is 10.4. The Labute approximate surface area is 57.3 Å². The van der Waals surface area contributed by atoms with Crippen LogP contribution in [0.3, 0.4) is 0 Å². The van der Waals surface area contributed by atoms with Crippen molar-refractivity contribution >= 4 is 15.9 Å². The number of aliphatic hydroxyl groups is 1. The van der Waals surface area contributed by atoms with Crippen LogP contribution in [0.2, 0.25) is 0 Å². The summed E-state index contributed by atoms with van der Waals surface area (Å²) in [6.07, 6.45) is 0. The SMILES string of the molecule is C=C(O)P(=O)(O)O[P+](=O)O. The molecule has 6 nitrogen and oxygen atoms in total. The molecule has 2 unspecified atom stereocenters. The highest BCUT2D eigenvalue weighted by Gasteiger charge is 2.35. The fraction of sp³-hybridized carbons (Fsp3) is 0. The fourth-order valence-electron chi connectivity index (χ4n) is 0.142. The van der Waals surface area contributed by atoms with Crippen molar-refractivity contribution in [2.24, 2.45) is 0 Å². The molecule has 0 fully saturated rings. The molecule has 58 valence electrons. The summed E-state index contributed by atoms with van der Waals surface area (Å²) >= 11 is 0. The van der Waals surface area contributed by atoms with Gasteiger partial charge in [-0.25, -0.2) is 4.57 Å². The van der Waals surface area contributed by atoms with Crippen molar-refractivity contribution in [1.82, 2.24) is 0 Å². The Bertz CT molecular complexity index is 208. The van der Waals surface area contributed by atoms with Crippen LogP contribution in [0.15, 0.2) is 12.1 Å². The highest BCUT2D eigenvalue weighted by molar-refractivity contribution is 7.62. The number of rotatable bonds is 3. The Morgan fingerprint density at radius 2 is 2.10 bits per heavy atom. The summed E-state index contributed by atoms with van der Waals surface area (Å²) in [5.41, 5.74) is -1.16. The topological polar surface area (TPSA) is 104 Å². The predicted molar refractivity (Wildman–Crippen MR) is 32.5 cm³/mol. The van der Waals surface area contributed by atoms with Crippen LogP contribution in [0.1, 0.15) is 0 Å². The summed E-state index contributed by atoms with van der Waals surface area (Å²) in [5, 5.41) is 8.26. The van der Waals surface area contributed by atoms with E-state index in [1.165, 1.54) is 0 Å². The van der Waals surface area contributed by atoms with E-state index in [1.807, 2.05) is 0 Å². The van der Waals surface area contributed by atoms with Gasteiger partial charge in [0.05, 0.1) is 0 Å². The van der Waals surface area contributed by atoms with Crippen molar-refractivity contribution in [2.75, 3.05) is 0 Å². The number of aliphatic hydroxyl groups excluding tert-OH is 1. The molecule has 0 aromatic carbocycles. The normalized spacial score (nSPS) is 17.6. The third-order valence-corrected chi connectivity index (χ3v) is 2.60. The fourth-order valence-corrected chi connectivity index (χ4v) is 1.28. The van der Waals surface area contributed by atoms with Crippen LogP contribution < -0.4 is 0 Å². The molecule has 2 atom stereocenters. The molecule has 0 aliphatic heterocycles. The van der Waals surface area contributed by atoms with Gasteiger partial charge in [0.1, 0.15) is 0 Å². The van der Waals surface area contributed by atoms with Crippen molar-refractivity contribution in [2.45, 2.75) is 0 Å². The third-order valence-electron chi connectivity index (χ3n) is 0.507. The lowest BCUT2D eigenvalue weighted by molar-refractivity contribution is 0.327. The smallest absolute Gasteiger partial charge is 0.501 e. The summed E-state index contributed by atoms with van der Waals surface area (Å²) in [5.74, 6) is 0. The molecule has 0 amide bonds. The average Bonchev–Trinajstić information content (AvgIpc) is 1.60. The van der Waals surface area contributed by atoms with Crippen LogP contribution in [0.5, 0.6) is 0 Å². The highest BCUT2D eigenvalue weighted by atomic mass is 31.2. The molecular weight excluding hydrogens is 182 g/mol. The minimum atomic E-state index is -4.49. The van der Waals surface area contributed by atoms with Crippen LogP contribution >= 0.6 is 15.9 Å². The van der Waals surface area contributed by atoms with E-state index in [1.54, 1.807) is 0 Å². The van der Waals surface area contributed by atoms with Crippen molar-refractivity contribution < 1.29 is 28.3 Å². The molecule has 0 aromatic rings. The molecule has 0 saturated heterocycles. The Morgan fingerprint density at radius 1 is 1.70 bits per heavy atom. The average molecular weight is 187 g/mol. The van der Waals surface area contributed by atoms with Crippen LogP contribution in [0.25, 0.3) is 0 Å². The second-order valence-corrected chi connectivity index (χ2v) is 3.94. The minimum absolute atomic E-state index is 1.16. The van der Waals surface area contributed by atoms with Crippen LogP contribution in [-0.2, 0) is 13.4 Å². The molecule has 0 aromatic heterocycles. The molecule has 0 bridgehead atoms. The van der Waals surface area contributed by atoms with E-state index in [0.717, 1.165) is 0 Å². The summed E-state index contributed by atoms with van der Waals surface area (Å²) in [6, 6.07) is 0. The zero-order valence-electron chi connectivity index (χ0n) is 4.67. The Morgan fingerprint density at radius 3 is 2.20 bits per heavy atom. The van der Waals surface area contributed by atoms with Crippen LogP contribution in [-0.4, -0.2) is 14.9 Å². The summed E-state index contributed by atoms with van der Waals surface area (Å²) in [4.78, 5) is 16.3. The number of hydrogen-bond donors (Lipinski definition) is 3. The van der Waals surface area contributed by atoms with Gasteiger partial charge in [-0.15, -0.1) is 4.89 Å². The Kier molecular flexibility index (Phi) is 3.15. The van der Waals surface area contributed by atoms with Gasteiger partial charge in [-0.05, 0) is 10.9 Å². The van der Waals surface area contributed by atoms with Gasteiger partial charge in [0.25, 0.3) is 0 Å². The maximum atomic E-state index is 10.4. The number of hydrogen-bond acceptors (Lipinski definition) is 4. The van der Waals surface area contributed by atoms with Crippen LogP contribution in [0, 0.1) is 0 Å². The third kappa shape index (κ3) is 3.06. The zero-order valence-corrected chi connectivity index (χ0v) is 6.46. The summed E-state index contributed by atoms with van der Waals surface area (Å²) in [6.45, 7) is 2.66. The predicted octanol–water partition coefficient (Wildman–Crippen LogP) is 0.867. The molecular formula is C2H5O6P2+. The van der Waals surface area contributed by atoms with Gasteiger partial charge >= 0.3 is 15.9 Å². The summed E-state index contributed by atoms with van der Waals surface area (Å²) in [7, 11) is -7.70. The standard InChI is InChI=1S/C2H4O6P2/c1-2(3)10(6,7)8-9(4)5/h1H2,(H2-,3,4,5,6,7)/p+1. The molecule has 8 heteroatoms. The molecule has 0 spiro atoms. The molecule has 3 N–H and O–H groups in total. The quantitative estimate of drug-likeness (QED) is 0.447. The lowest BCUT2D eigenvalue weighted by Crippen LogP contribution is -1.83. The first-order chi connectivity index (χ1) is 4.36. The van der Waals surface area contributed by atoms with Gasteiger partial charge in [0.15, 0.2) is 0 Å². The molecule has 0 aliphatic carbocycles. The van der Waals surface area contributed by atoms with E-state index in [0.29, 0.717) is 0 Å². The molecule has 0 aliphatic rings. The van der Waals surface area contributed by atoms with E-state index in [2.05, 4.69) is 10.9 Å². The van der Waals surface area contributed by atoms with Gasteiger partial charge in [0.2, 0.25) is 5.50 Å². The van der Waals surface area contributed by atoms with E-state index in [4.69, 9.17) is 14.9 Å². The van der Waals surface area contributed by atoms with Crippen molar-refractivity contribution in [1.29, 1.82) is 0 Å². The second-order valence-electron chi connectivity index (χ2n) is 1.26. The van der Waals surface area contributed by atoms with E-state index in [-0.39, 0.29) is 0 Å². The molecule has 0 heterocycles. The monoisotopic (exact) mass is 187 g/mol.